The van der Waals surface area contributed by atoms with E-state index in [9.17, 15) is 0 Å². The van der Waals surface area contributed by atoms with Gasteiger partial charge >= 0.3 is 0 Å². The molecule has 2 nitrogen and oxygen atoms in total. The molecule has 0 atom stereocenters. The SMILES string of the molecule is CC1(C)c2ccccc2-c2cc(-c3ccccc3-c3ccccc3N(c3ccccc3)c3ccc(-c4ccc5c(c4)oc4ccccc45)cc3)ccc21. The first-order chi connectivity index (χ1) is 26.0. The minimum atomic E-state index is -0.0253. The number of hydrogen-bond acceptors (Lipinski definition) is 2. The van der Waals surface area contributed by atoms with Crippen molar-refractivity contribution in [2.45, 2.75) is 19.3 Å². The van der Waals surface area contributed by atoms with Crippen molar-refractivity contribution in [2.24, 2.45) is 0 Å². The summed E-state index contributed by atoms with van der Waals surface area (Å²) in [6.07, 6.45) is 0. The zero-order valence-corrected chi connectivity index (χ0v) is 29.8. The molecule has 0 N–H and O–H groups in total. The molecule has 0 amide bonds. The topological polar surface area (TPSA) is 16.4 Å². The van der Waals surface area contributed by atoms with Crippen molar-refractivity contribution < 1.29 is 4.42 Å². The number of benzene rings is 8. The van der Waals surface area contributed by atoms with Crippen molar-refractivity contribution in [1.29, 1.82) is 0 Å². The Balaban J connectivity index is 1.07. The number of anilines is 3. The number of para-hydroxylation sites is 3. The molecule has 53 heavy (non-hydrogen) atoms. The minimum absolute atomic E-state index is 0.0253. The van der Waals surface area contributed by atoms with Gasteiger partial charge in [-0.05, 0) is 105 Å². The van der Waals surface area contributed by atoms with Crippen LogP contribution >= 0.6 is 0 Å². The van der Waals surface area contributed by atoms with Crippen LogP contribution in [0.25, 0.3) is 66.4 Å². The molecule has 0 saturated carbocycles. The summed E-state index contributed by atoms with van der Waals surface area (Å²) < 4.78 is 6.23. The van der Waals surface area contributed by atoms with Crippen molar-refractivity contribution in [1.82, 2.24) is 0 Å². The number of hydrogen-bond donors (Lipinski definition) is 0. The number of rotatable bonds is 6. The lowest BCUT2D eigenvalue weighted by Crippen LogP contribution is -2.14. The first-order valence-corrected chi connectivity index (χ1v) is 18.3. The summed E-state index contributed by atoms with van der Waals surface area (Å²) >= 11 is 0. The van der Waals surface area contributed by atoms with Gasteiger partial charge in [0.2, 0.25) is 0 Å². The van der Waals surface area contributed by atoms with E-state index in [0.29, 0.717) is 0 Å². The molecular formula is C51H37NO. The van der Waals surface area contributed by atoms with Crippen LogP contribution in [-0.4, -0.2) is 0 Å². The molecule has 0 aliphatic heterocycles. The van der Waals surface area contributed by atoms with E-state index in [2.05, 4.69) is 195 Å². The molecule has 1 heterocycles. The van der Waals surface area contributed by atoms with Crippen LogP contribution in [-0.2, 0) is 5.41 Å². The monoisotopic (exact) mass is 679 g/mol. The normalized spacial score (nSPS) is 12.9. The Hall–Kier alpha value is -6.64. The van der Waals surface area contributed by atoms with Crippen LogP contribution in [0.4, 0.5) is 17.1 Å². The molecule has 1 aromatic heterocycles. The van der Waals surface area contributed by atoms with Crippen molar-refractivity contribution in [2.75, 3.05) is 4.90 Å². The summed E-state index contributed by atoms with van der Waals surface area (Å²) in [5, 5.41) is 2.29. The molecule has 0 fully saturated rings. The lowest BCUT2D eigenvalue weighted by molar-refractivity contribution is 0.660. The second-order valence-electron chi connectivity index (χ2n) is 14.5. The van der Waals surface area contributed by atoms with Gasteiger partial charge in [-0.2, -0.15) is 0 Å². The average molecular weight is 680 g/mol. The summed E-state index contributed by atoms with van der Waals surface area (Å²) in [7, 11) is 0. The fourth-order valence-electron chi connectivity index (χ4n) is 8.47. The Morgan fingerprint density at radius 3 is 1.79 bits per heavy atom. The fraction of sp³-hybridized carbons (Fsp3) is 0.0588. The Kier molecular flexibility index (Phi) is 7.19. The molecule has 1 aliphatic rings. The molecular weight excluding hydrogens is 643 g/mol. The van der Waals surface area contributed by atoms with Gasteiger partial charge in [0.1, 0.15) is 11.2 Å². The lowest BCUT2D eigenvalue weighted by atomic mass is 9.82. The molecule has 10 rings (SSSR count). The van der Waals surface area contributed by atoms with E-state index in [4.69, 9.17) is 4.42 Å². The van der Waals surface area contributed by atoms with Crippen LogP contribution in [0.2, 0.25) is 0 Å². The number of furan rings is 1. The Bertz CT molecular complexity index is 2810. The van der Waals surface area contributed by atoms with Gasteiger partial charge in [-0.1, -0.05) is 147 Å². The maximum Gasteiger partial charge on any atom is 0.136 e. The maximum absolute atomic E-state index is 6.23. The predicted octanol–water partition coefficient (Wildman–Crippen LogP) is 14.4. The number of nitrogens with zero attached hydrogens (tertiary/aromatic N) is 1. The van der Waals surface area contributed by atoms with Crippen LogP contribution < -0.4 is 4.90 Å². The van der Waals surface area contributed by atoms with Gasteiger partial charge < -0.3 is 9.32 Å². The van der Waals surface area contributed by atoms with Crippen molar-refractivity contribution in [3.05, 3.63) is 199 Å². The Labute approximate surface area is 310 Å². The summed E-state index contributed by atoms with van der Waals surface area (Å²) in [6, 6.07) is 67.9. The van der Waals surface area contributed by atoms with Crippen LogP contribution in [0.5, 0.6) is 0 Å². The maximum atomic E-state index is 6.23. The van der Waals surface area contributed by atoms with Gasteiger partial charge in [0.25, 0.3) is 0 Å². The average Bonchev–Trinajstić information content (AvgIpc) is 3.70. The molecule has 0 radical (unpaired) electrons. The number of fused-ring (bicyclic) bond motifs is 6. The fourth-order valence-corrected chi connectivity index (χ4v) is 8.47. The standard InChI is InChI=1S/C51H37NO/c1-51(2)46-21-11-8-18-41(46)45-32-36(27-31-47(45)51)39-16-6-7-17-40(39)42-19-9-12-22-48(42)52(37-14-4-3-5-15-37)38-28-24-34(25-29-38)35-26-30-44-43-20-10-13-23-49(43)53-50(44)33-35/h3-33H,1-2H3. The van der Waals surface area contributed by atoms with E-state index in [1.165, 1.54) is 44.5 Å². The minimum Gasteiger partial charge on any atom is -0.456 e. The van der Waals surface area contributed by atoms with E-state index >= 15 is 0 Å². The Morgan fingerprint density at radius 1 is 0.377 bits per heavy atom. The predicted molar refractivity (Wildman–Crippen MR) is 222 cm³/mol. The quantitative estimate of drug-likeness (QED) is 0.174. The first-order valence-electron chi connectivity index (χ1n) is 18.3. The summed E-state index contributed by atoms with van der Waals surface area (Å²) in [5.41, 5.74) is 17.6. The molecule has 9 aromatic rings. The van der Waals surface area contributed by atoms with E-state index in [1.54, 1.807) is 0 Å². The first kappa shape index (κ1) is 31.1. The highest BCUT2D eigenvalue weighted by Crippen LogP contribution is 2.50. The highest BCUT2D eigenvalue weighted by atomic mass is 16.3. The lowest BCUT2D eigenvalue weighted by Gasteiger charge is -2.28. The third-order valence-electron chi connectivity index (χ3n) is 11.1. The molecule has 1 aliphatic carbocycles. The van der Waals surface area contributed by atoms with E-state index < -0.39 is 0 Å². The zero-order valence-electron chi connectivity index (χ0n) is 29.8. The second-order valence-corrected chi connectivity index (χ2v) is 14.5. The molecule has 8 aromatic carbocycles. The highest BCUT2D eigenvalue weighted by molar-refractivity contribution is 6.06. The van der Waals surface area contributed by atoms with Gasteiger partial charge in [-0.25, -0.2) is 0 Å². The molecule has 2 heteroatoms. The van der Waals surface area contributed by atoms with Gasteiger partial charge in [-0.3, -0.25) is 0 Å². The van der Waals surface area contributed by atoms with E-state index in [1.807, 2.05) is 12.1 Å². The van der Waals surface area contributed by atoms with E-state index in [0.717, 1.165) is 50.1 Å². The van der Waals surface area contributed by atoms with Crippen LogP contribution in [0, 0.1) is 0 Å². The summed E-state index contributed by atoms with van der Waals surface area (Å²) in [4.78, 5) is 2.37. The van der Waals surface area contributed by atoms with Crippen molar-refractivity contribution >= 4 is 39.0 Å². The van der Waals surface area contributed by atoms with Gasteiger partial charge in [0.15, 0.2) is 0 Å². The van der Waals surface area contributed by atoms with Gasteiger partial charge in [-0.15, -0.1) is 0 Å². The van der Waals surface area contributed by atoms with Crippen LogP contribution in [0.1, 0.15) is 25.0 Å². The van der Waals surface area contributed by atoms with Crippen molar-refractivity contribution in [3.8, 4) is 44.5 Å². The second kappa shape index (κ2) is 12.3. The van der Waals surface area contributed by atoms with Gasteiger partial charge in [0, 0.05) is 33.1 Å². The molecule has 0 bridgehead atoms. The molecule has 0 spiro atoms. The third-order valence-corrected chi connectivity index (χ3v) is 11.1. The zero-order chi connectivity index (χ0) is 35.5. The molecule has 0 unspecified atom stereocenters. The third kappa shape index (κ3) is 5.10. The Morgan fingerprint density at radius 2 is 0.962 bits per heavy atom. The smallest absolute Gasteiger partial charge is 0.136 e. The largest absolute Gasteiger partial charge is 0.456 e. The van der Waals surface area contributed by atoms with Gasteiger partial charge in [0.05, 0.1) is 5.69 Å². The van der Waals surface area contributed by atoms with Crippen LogP contribution in [0.3, 0.4) is 0 Å². The summed E-state index contributed by atoms with van der Waals surface area (Å²) in [6.45, 7) is 4.68. The highest BCUT2D eigenvalue weighted by Gasteiger charge is 2.35. The molecule has 0 saturated heterocycles. The molecule has 252 valence electrons. The van der Waals surface area contributed by atoms with Crippen molar-refractivity contribution in [3.63, 3.8) is 0 Å². The van der Waals surface area contributed by atoms with Crippen LogP contribution in [0.15, 0.2) is 192 Å². The summed E-state index contributed by atoms with van der Waals surface area (Å²) in [5.74, 6) is 0. The van der Waals surface area contributed by atoms with E-state index in [-0.39, 0.29) is 5.41 Å².